The fourth-order valence-electron chi connectivity index (χ4n) is 2.64. The van der Waals surface area contributed by atoms with Crippen molar-refractivity contribution in [3.05, 3.63) is 71.2 Å². The van der Waals surface area contributed by atoms with Gasteiger partial charge in [-0.2, -0.15) is 0 Å². The molecule has 1 aromatic heterocycles. The maximum Gasteiger partial charge on any atom is 0.233 e. The van der Waals surface area contributed by atoms with E-state index in [1.807, 2.05) is 49.4 Å². The zero-order valence-corrected chi connectivity index (χ0v) is 16.9. The lowest BCUT2D eigenvalue weighted by Crippen LogP contribution is -2.29. The van der Waals surface area contributed by atoms with Gasteiger partial charge in [0, 0.05) is 16.7 Å². The third-order valence-electron chi connectivity index (χ3n) is 4.05. The first-order valence-electron chi connectivity index (χ1n) is 9.35. The van der Waals surface area contributed by atoms with E-state index in [-0.39, 0.29) is 5.91 Å². The van der Waals surface area contributed by atoms with Crippen LogP contribution in [-0.4, -0.2) is 35.9 Å². The van der Waals surface area contributed by atoms with Crippen molar-refractivity contribution < 1.29 is 14.3 Å². The lowest BCUT2D eigenvalue weighted by molar-refractivity contribution is -0.120. The maximum absolute atomic E-state index is 11.9. The van der Waals surface area contributed by atoms with Gasteiger partial charge in [-0.15, -0.1) is 10.2 Å². The molecule has 0 unspecified atom stereocenters. The molecule has 2 aromatic carbocycles. The Kier molecular flexibility index (Phi) is 7.41. The molecular formula is C22H22ClN3O3. The molecule has 6 nitrogen and oxygen atoms in total. The molecule has 1 N–H and O–H groups in total. The molecule has 1 amide bonds. The Balaban J connectivity index is 1.42. The van der Waals surface area contributed by atoms with Crippen molar-refractivity contribution in [1.82, 2.24) is 15.5 Å². The summed E-state index contributed by atoms with van der Waals surface area (Å²) in [5.74, 6) is 1.15. The minimum atomic E-state index is -0.0761. The molecule has 0 aliphatic rings. The van der Waals surface area contributed by atoms with E-state index in [9.17, 15) is 4.79 Å². The average Bonchev–Trinajstić information content (AvgIpc) is 2.74. The van der Waals surface area contributed by atoms with Gasteiger partial charge in [0.1, 0.15) is 12.4 Å². The molecule has 3 rings (SSSR count). The van der Waals surface area contributed by atoms with Crippen LogP contribution in [-0.2, 0) is 11.2 Å². The number of rotatable bonds is 9. The van der Waals surface area contributed by atoms with Crippen LogP contribution in [0.3, 0.4) is 0 Å². The van der Waals surface area contributed by atoms with Crippen LogP contribution < -0.4 is 14.8 Å². The summed E-state index contributed by atoms with van der Waals surface area (Å²) in [6.07, 6.45) is 0.299. The molecule has 0 atom stereocenters. The Morgan fingerprint density at radius 2 is 1.72 bits per heavy atom. The fourth-order valence-corrected chi connectivity index (χ4v) is 2.76. The van der Waals surface area contributed by atoms with Crippen molar-refractivity contribution in [1.29, 1.82) is 0 Å². The first-order valence-corrected chi connectivity index (χ1v) is 9.73. The summed E-state index contributed by atoms with van der Waals surface area (Å²) in [6, 6.07) is 18.5. The van der Waals surface area contributed by atoms with Gasteiger partial charge in [-0.1, -0.05) is 23.7 Å². The fraction of sp³-hybridized carbons (Fsp3) is 0.227. The van der Waals surface area contributed by atoms with Gasteiger partial charge in [0.15, 0.2) is 0 Å². The molecule has 0 bridgehead atoms. The normalized spacial score (nSPS) is 10.4. The number of ether oxygens (including phenoxy) is 2. The maximum atomic E-state index is 11.9. The number of hydrogen-bond acceptors (Lipinski definition) is 5. The van der Waals surface area contributed by atoms with Crippen LogP contribution in [0, 0.1) is 0 Å². The molecule has 150 valence electrons. The van der Waals surface area contributed by atoms with Gasteiger partial charge in [0.25, 0.3) is 0 Å². The van der Waals surface area contributed by atoms with Gasteiger partial charge >= 0.3 is 0 Å². The predicted octanol–water partition coefficient (Wildman–Crippen LogP) is 3.93. The van der Waals surface area contributed by atoms with Crippen LogP contribution in [0.4, 0.5) is 0 Å². The van der Waals surface area contributed by atoms with E-state index < -0.39 is 0 Å². The second kappa shape index (κ2) is 10.4. The van der Waals surface area contributed by atoms with Crippen LogP contribution in [0.15, 0.2) is 60.7 Å². The first-order chi connectivity index (χ1) is 14.1. The Bertz CT molecular complexity index is 914. The summed E-state index contributed by atoms with van der Waals surface area (Å²) in [5.41, 5.74) is 2.60. The van der Waals surface area contributed by atoms with E-state index in [0.29, 0.717) is 37.1 Å². The summed E-state index contributed by atoms with van der Waals surface area (Å²) in [5, 5.41) is 11.7. The van der Waals surface area contributed by atoms with E-state index in [2.05, 4.69) is 15.5 Å². The van der Waals surface area contributed by atoms with Crippen molar-refractivity contribution >= 4 is 17.5 Å². The molecule has 3 aromatic rings. The summed E-state index contributed by atoms with van der Waals surface area (Å²) in [7, 11) is 0. The van der Waals surface area contributed by atoms with E-state index in [4.69, 9.17) is 21.1 Å². The Morgan fingerprint density at radius 1 is 0.966 bits per heavy atom. The molecule has 0 aliphatic carbocycles. The van der Waals surface area contributed by atoms with Crippen LogP contribution in [0.1, 0.15) is 12.5 Å². The number of carbonyl (C=O) groups is 1. The number of benzene rings is 2. The third kappa shape index (κ3) is 6.47. The lowest BCUT2D eigenvalue weighted by atomic mass is 10.1. The van der Waals surface area contributed by atoms with Crippen LogP contribution in [0.2, 0.25) is 5.02 Å². The van der Waals surface area contributed by atoms with Crippen LogP contribution >= 0.6 is 11.6 Å². The van der Waals surface area contributed by atoms with Gasteiger partial charge in [-0.25, -0.2) is 0 Å². The van der Waals surface area contributed by atoms with Crippen molar-refractivity contribution in [2.45, 2.75) is 13.3 Å². The number of aromatic nitrogens is 2. The zero-order chi connectivity index (χ0) is 20.5. The van der Waals surface area contributed by atoms with Gasteiger partial charge in [-0.3, -0.25) is 4.79 Å². The Morgan fingerprint density at radius 3 is 2.38 bits per heavy atom. The number of nitrogens with zero attached hydrogens (tertiary/aromatic N) is 2. The SMILES string of the molecule is CCOc1ccc(-c2ccc(OCCNC(=O)Cc3ccc(Cl)cc3)nn2)cc1. The molecule has 0 saturated carbocycles. The van der Waals surface area contributed by atoms with Gasteiger partial charge in [0.2, 0.25) is 11.8 Å². The van der Waals surface area contributed by atoms with Gasteiger partial charge in [-0.05, 0) is 55.0 Å². The lowest BCUT2D eigenvalue weighted by Gasteiger charge is -2.08. The van der Waals surface area contributed by atoms with Crippen molar-refractivity contribution in [3.8, 4) is 22.9 Å². The molecular weight excluding hydrogens is 390 g/mol. The van der Waals surface area contributed by atoms with Gasteiger partial charge in [0.05, 0.1) is 25.3 Å². The Labute approximate surface area is 174 Å². The van der Waals surface area contributed by atoms with Crippen LogP contribution in [0.5, 0.6) is 11.6 Å². The quantitative estimate of drug-likeness (QED) is 0.540. The average molecular weight is 412 g/mol. The smallest absolute Gasteiger partial charge is 0.233 e. The number of nitrogens with one attached hydrogen (secondary N) is 1. The summed E-state index contributed by atoms with van der Waals surface area (Å²) >= 11 is 5.84. The molecule has 1 heterocycles. The molecule has 0 radical (unpaired) electrons. The molecule has 0 saturated heterocycles. The minimum Gasteiger partial charge on any atom is -0.494 e. The highest BCUT2D eigenvalue weighted by Gasteiger charge is 2.05. The molecule has 0 aliphatic heterocycles. The van der Waals surface area contributed by atoms with E-state index in [1.54, 1.807) is 18.2 Å². The highest BCUT2D eigenvalue weighted by molar-refractivity contribution is 6.30. The van der Waals surface area contributed by atoms with Crippen molar-refractivity contribution in [2.24, 2.45) is 0 Å². The van der Waals surface area contributed by atoms with Crippen molar-refractivity contribution in [2.75, 3.05) is 19.8 Å². The number of amides is 1. The van der Waals surface area contributed by atoms with E-state index >= 15 is 0 Å². The monoisotopic (exact) mass is 411 g/mol. The third-order valence-corrected chi connectivity index (χ3v) is 4.31. The second-order valence-corrected chi connectivity index (χ2v) is 6.65. The van der Waals surface area contributed by atoms with Gasteiger partial charge < -0.3 is 14.8 Å². The zero-order valence-electron chi connectivity index (χ0n) is 16.1. The highest BCUT2D eigenvalue weighted by Crippen LogP contribution is 2.21. The largest absolute Gasteiger partial charge is 0.494 e. The topological polar surface area (TPSA) is 73.3 Å². The summed E-state index contributed by atoms with van der Waals surface area (Å²) in [6.45, 7) is 3.27. The Hall–Kier alpha value is -3.12. The predicted molar refractivity (Wildman–Crippen MR) is 112 cm³/mol. The number of hydrogen-bond donors (Lipinski definition) is 1. The van der Waals surface area contributed by atoms with Crippen LogP contribution in [0.25, 0.3) is 11.3 Å². The van der Waals surface area contributed by atoms with E-state index in [1.165, 1.54) is 0 Å². The summed E-state index contributed by atoms with van der Waals surface area (Å²) in [4.78, 5) is 11.9. The summed E-state index contributed by atoms with van der Waals surface area (Å²) < 4.78 is 11.0. The molecule has 7 heteroatoms. The number of halogens is 1. The minimum absolute atomic E-state index is 0.0761. The number of carbonyl (C=O) groups excluding carboxylic acids is 1. The van der Waals surface area contributed by atoms with E-state index in [0.717, 1.165) is 22.6 Å². The molecule has 29 heavy (non-hydrogen) atoms. The molecule has 0 spiro atoms. The highest BCUT2D eigenvalue weighted by atomic mass is 35.5. The molecule has 0 fully saturated rings. The second-order valence-electron chi connectivity index (χ2n) is 6.22. The first kappa shape index (κ1) is 20.6. The standard InChI is InChI=1S/C22H22ClN3O3/c1-2-28-19-9-5-17(6-10-19)20-11-12-22(26-25-20)29-14-13-24-21(27)15-16-3-7-18(23)8-4-16/h3-12H,2,13-15H2,1H3,(H,24,27). The van der Waals surface area contributed by atoms with Crippen molar-refractivity contribution in [3.63, 3.8) is 0 Å².